The first-order valence-electron chi connectivity index (χ1n) is 10.8. The Hall–Kier alpha value is -0.203. The van der Waals surface area contributed by atoms with Crippen LogP contribution in [0.15, 0.2) is 12.2 Å². The molecule has 0 radical (unpaired) electrons. The van der Waals surface area contributed by atoms with E-state index in [-0.39, 0.29) is 35.6 Å². The van der Waals surface area contributed by atoms with Gasteiger partial charge < -0.3 is 19.0 Å². The van der Waals surface area contributed by atoms with Crippen LogP contribution in [0.2, 0.25) is 18.1 Å². The van der Waals surface area contributed by atoms with Crippen molar-refractivity contribution in [2.75, 3.05) is 7.11 Å². The Morgan fingerprint density at radius 2 is 1.93 bits per heavy atom. The number of ether oxygens (including phenoxy) is 2. The standard InChI is InChI=1S/C22H42O4Si/c1-8-9-10-11-16(26-27(6,7)22(2,3)4)12-13-17-18-14-21(24-5)25-20(18)15-19(17)23/h12-13,16-21,23H,8-11,14-15H2,1-7H3/t16-,17+,18+,19+,20-,21?/m0/s1. The maximum Gasteiger partial charge on any atom is 0.192 e. The van der Waals surface area contributed by atoms with Gasteiger partial charge in [-0.25, -0.2) is 0 Å². The number of hydrogen-bond acceptors (Lipinski definition) is 4. The minimum absolute atomic E-state index is 0.118. The molecule has 1 unspecified atom stereocenters. The third kappa shape index (κ3) is 5.89. The normalized spacial score (nSPS) is 33.0. The molecule has 0 aromatic rings. The topological polar surface area (TPSA) is 47.9 Å². The van der Waals surface area contributed by atoms with Crippen molar-refractivity contribution in [3.8, 4) is 0 Å². The number of aliphatic hydroxyl groups is 1. The third-order valence-electron chi connectivity index (χ3n) is 6.84. The highest BCUT2D eigenvalue weighted by atomic mass is 28.4. The van der Waals surface area contributed by atoms with Crippen LogP contribution >= 0.6 is 0 Å². The monoisotopic (exact) mass is 398 g/mol. The summed E-state index contributed by atoms with van der Waals surface area (Å²) in [5.74, 6) is 0.497. The van der Waals surface area contributed by atoms with Gasteiger partial charge in [0.25, 0.3) is 0 Å². The molecule has 4 nitrogen and oxygen atoms in total. The average Bonchev–Trinajstić information content (AvgIpc) is 3.08. The number of unbranched alkanes of at least 4 members (excludes halogenated alkanes) is 2. The van der Waals surface area contributed by atoms with Crippen molar-refractivity contribution >= 4 is 8.32 Å². The lowest BCUT2D eigenvalue weighted by Gasteiger charge is -2.39. The summed E-state index contributed by atoms with van der Waals surface area (Å²) in [6.45, 7) is 13.7. The molecular weight excluding hydrogens is 356 g/mol. The van der Waals surface area contributed by atoms with Crippen LogP contribution in [0, 0.1) is 11.8 Å². The highest BCUT2D eigenvalue weighted by Gasteiger charge is 2.48. The summed E-state index contributed by atoms with van der Waals surface area (Å²) in [5, 5.41) is 10.7. The summed E-state index contributed by atoms with van der Waals surface area (Å²) in [4.78, 5) is 0. The second-order valence-corrected chi connectivity index (χ2v) is 14.7. The summed E-state index contributed by atoms with van der Waals surface area (Å²) in [6, 6.07) is 0. The largest absolute Gasteiger partial charge is 0.411 e. The van der Waals surface area contributed by atoms with Crippen LogP contribution in [0.1, 0.15) is 66.2 Å². The van der Waals surface area contributed by atoms with E-state index in [4.69, 9.17) is 13.9 Å². The number of hydrogen-bond donors (Lipinski definition) is 1. The van der Waals surface area contributed by atoms with Gasteiger partial charge in [0.1, 0.15) is 0 Å². The van der Waals surface area contributed by atoms with Gasteiger partial charge >= 0.3 is 0 Å². The second-order valence-electron chi connectivity index (χ2n) is 9.92. The van der Waals surface area contributed by atoms with E-state index >= 15 is 0 Å². The van der Waals surface area contributed by atoms with E-state index in [2.05, 4.69) is 52.9 Å². The summed E-state index contributed by atoms with van der Waals surface area (Å²) in [5.41, 5.74) is 0. The van der Waals surface area contributed by atoms with Crippen LogP contribution in [-0.4, -0.2) is 45.1 Å². The molecule has 27 heavy (non-hydrogen) atoms. The van der Waals surface area contributed by atoms with E-state index in [0.29, 0.717) is 12.3 Å². The molecule has 1 N–H and O–H groups in total. The molecule has 2 fully saturated rings. The van der Waals surface area contributed by atoms with E-state index in [1.54, 1.807) is 7.11 Å². The van der Waals surface area contributed by atoms with Crippen LogP contribution in [-0.2, 0) is 13.9 Å². The van der Waals surface area contributed by atoms with Gasteiger partial charge in [0.15, 0.2) is 14.6 Å². The molecule has 0 spiro atoms. The van der Waals surface area contributed by atoms with Crippen molar-refractivity contribution in [2.24, 2.45) is 11.8 Å². The van der Waals surface area contributed by atoms with Crippen molar-refractivity contribution in [1.29, 1.82) is 0 Å². The number of aliphatic hydroxyl groups excluding tert-OH is 1. The van der Waals surface area contributed by atoms with E-state index in [1.807, 2.05) is 0 Å². The van der Waals surface area contributed by atoms with Gasteiger partial charge in [0.05, 0.1) is 18.3 Å². The summed E-state index contributed by atoms with van der Waals surface area (Å²) in [7, 11) is -0.125. The lowest BCUT2D eigenvalue weighted by molar-refractivity contribution is -0.118. The van der Waals surface area contributed by atoms with Gasteiger partial charge in [0.2, 0.25) is 0 Å². The highest BCUT2D eigenvalue weighted by Crippen LogP contribution is 2.44. The first kappa shape index (κ1) is 23.1. The molecule has 1 saturated carbocycles. The maximum absolute atomic E-state index is 10.5. The molecule has 1 heterocycles. The van der Waals surface area contributed by atoms with Gasteiger partial charge in [-0.2, -0.15) is 0 Å². The van der Waals surface area contributed by atoms with Crippen molar-refractivity contribution < 1.29 is 19.0 Å². The first-order chi connectivity index (χ1) is 12.6. The number of rotatable bonds is 9. The van der Waals surface area contributed by atoms with Crippen molar-refractivity contribution in [3.05, 3.63) is 12.2 Å². The summed E-state index contributed by atoms with van der Waals surface area (Å²) < 4.78 is 18.0. The second kappa shape index (κ2) is 9.53. The smallest absolute Gasteiger partial charge is 0.192 e. The van der Waals surface area contributed by atoms with Gasteiger partial charge in [-0.1, -0.05) is 59.1 Å². The van der Waals surface area contributed by atoms with Crippen LogP contribution in [0.25, 0.3) is 0 Å². The fourth-order valence-electron chi connectivity index (χ4n) is 4.06. The molecule has 2 aliphatic rings. The lowest BCUT2D eigenvalue weighted by Crippen LogP contribution is -2.43. The molecule has 1 aliphatic carbocycles. The van der Waals surface area contributed by atoms with Crippen molar-refractivity contribution in [1.82, 2.24) is 0 Å². The Labute approximate surface area is 167 Å². The SMILES string of the molecule is CCCCC[C@@H](C=C[C@@H]1[C@H]2CC(OC)O[C@H]2C[C@H]1O)O[Si](C)(C)C(C)(C)C. The fraction of sp³-hybridized carbons (Fsp3) is 0.909. The molecule has 0 aromatic heterocycles. The predicted octanol–water partition coefficient (Wildman–Crippen LogP) is 5.27. The van der Waals surface area contributed by atoms with Gasteiger partial charge in [-0.3, -0.25) is 0 Å². The zero-order valence-electron chi connectivity index (χ0n) is 18.5. The first-order valence-corrected chi connectivity index (χ1v) is 13.7. The maximum atomic E-state index is 10.5. The summed E-state index contributed by atoms with van der Waals surface area (Å²) in [6.07, 6.45) is 10.6. The third-order valence-corrected chi connectivity index (χ3v) is 11.3. The summed E-state index contributed by atoms with van der Waals surface area (Å²) >= 11 is 0. The van der Waals surface area contributed by atoms with E-state index in [1.165, 1.54) is 19.3 Å². The molecular formula is C22H42O4Si. The van der Waals surface area contributed by atoms with Gasteiger partial charge in [-0.15, -0.1) is 0 Å². The van der Waals surface area contributed by atoms with Crippen LogP contribution < -0.4 is 0 Å². The van der Waals surface area contributed by atoms with E-state index < -0.39 is 8.32 Å². The van der Waals surface area contributed by atoms with Crippen molar-refractivity contribution in [2.45, 2.75) is 109 Å². The van der Waals surface area contributed by atoms with Crippen LogP contribution in [0.5, 0.6) is 0 Å². The van der Waals surface area contributed by atoms with E-state index in [9.17, 15) is 5.11 Å². The van der Waals surface area contributed by atoms with E-state index in [0.717, 1.165) is 12.8 Å². The van der Waals surface area contributed by atoms with Crippen LogP contribution in [0.4, 0.5) is 0 Å². The molecule has 0 aromatic carbocycles. The minimum Gasteiger partial charge on any atom is -0.411 e. The quantitative estimate of drug-likeness (QED) is 0.326. The van der Waals surface area contributed by atoms with Gasteiger partial charge in [0, 0.05) is 25.9 Å². The average molecular weight is 399 g/mol. The zero-order valence-corrected chi connectivity index (χ0v) is 19.5. The zero-order chi connectivity index (χ0) is 20.2. The molecule has 158 valence electrons. The Kier molecular flexibility index (Phi) is 8.15. The fourth-order valence-corrected chi connectivity index (χ4v) is 5.37. The highest BCUT2D eigenvalue weighted by molar-refractivity contribution is 6.74. The molecule has 1 aliphatic heterocycles. The number of methoxy groups -OCH3 is 1. The Balaban J connectivity index is 2.06. The Bertz CT molecular complexity index is 485. The molecule has 2 rings (SSSR count). The minimum atomic E-state index is -1.82. The molecule has 0 amide bonds. The Morgan fingerprint density at radius 3 is 2.52 bits per heavy atom. The molecule has 6 atom stereocenters. The molecule has 5 heteroatoms. The predicted molar refractivity (Wildman–Crippen MR) is 113 cm³/mol. The van der Waals surface area contributed by atoms with Crippen LogP contribution in [0.3, 0.4) is 0 Å². The number of fused-ring (bicyclic) bond motifs is 1. The van der Waals surface area contributed by atoms with Gasteiger partial charge in [-0.05, 0) is 30.5 Å². The molecule has 1 saturated heterocycles. The van der Waals surface area contributed by atoms with Crippen molar-refractivity contribution in [3.63, 3.8) is 0 Å². The Morgan fingerprint density at radius 1 is 1.22 bits per heavy atom. The molecule has 0 bridgehead atoms. The lowest BCUT2D eigenvalue weighted by atomic mass is 9.91.